The van der Waals surface area contributed by atoms with E-state index in [1.807, 2.05) is 46.6 Å². The van der Waals surface area contributed by atoms with E-state index in [0.29, 0.717) is 26.1 Å². The number of carboxylic acids is 1. The van der Waals surface area contributed by atoms with Crippen molar-refractivity contribution in [2.45, 2.75) is 53.1 Å². The van der Waals surface area contributed by atoms with Crippen LogP contribution in [0.4, 0.5) is 0 Å². The summed E-state index contributed by atoms with van der Waals surface area (Å²) >= 11 is 0. The van der Waals surface area contributed by atoms with Gasteiger partial charge in [-0.25, -0.2) is 0 Å². The van der Waals surface area contributed by atoms with E-state index in [9.17, 15) is 9.59 Å². The minimum atomic E-state index is -0.835. The fraction of sp³-hybridized carbons (Fsp3) is 0.867. The molecule has 0 rings (SSSR count). The quantitative estimate of drug-likeness (QED) is 0.661. The van der Waals surface area contributed by atoms with E-state index in [2.05, 4.69) is 0 Å². The molecule has 0 spiro atoms. The lowest BCUT2D eigenvalue weighted by molar-refractivity contribution is -0.141. The van der Waals surface area contributed by atoms with Crippen LogP contribution >= 0.6 is 0 Å². The van der Waals surface area contributed by atoms with E-state index in [1.54, 1.807) is 4.90 Å². The highest BCUT2D eigenvalue weighted by atomic mass is 16.4. The van der Waals surface area contributed by atoms with Gasteiger partial charge in [-0.15, -0.1) is 0 Å². The molecule has 124 valence electrons. The summed E-state index contributed by atoms with van der Waals surface area (Å²) in [4.78, 5) is 26.8. The highest BCUT2D eigenvalue weighted by molar-refractivity contribution is 5.81. The van der Waals surface area contributed by atoms with Gasteiger partial charge in [0.25, 0.3) is 0 Å². The predicted molar refractivity (Wildman–Crippen MR) is 83.8 cm³/mol. The van der Waals surface area contributed by atoms with Crippen molar-refractivity contribution in [1.82, 2.24) is 9.80 Å². The van der Waals surface area contributed by atoms with E-state index in [-0.39, 0.29) is 12.3 Å². The Morgan fingerprint density at radius 3 is 1.95 bits per heavy atom. The number of rotatable bonds is 8. The maximum atomic E-state index is 12.4. The summed E-state index contributed by atoms with van der Waals surface area (Å²) in [5, 5.41) is 8.72. The number of carboxylic acid groups (broad SMARTS) is 1. The molecule has 0 radical (unpaired) electrons. The van der Waals surface area contributed by atoms with E-state index in [4.69, 9.17) is 10.8 Å². The third-order valence-electron chi connectivity index (χ3n) is 3.44. The number of carbonyl (C=O) groups is 2. The van der Waals surface area contributed by atoms with Crippen LogP contribution < -0.4 is 5.73 Å². The molecule has 0 fully saturated rings. The normalized spacial score (nSPS) is 12.6. The molecule has 0 unspecified atom stereocenters. The lowest BCUT2D eigenvalue weighted by Crippen LogP contribution is -2.52. The van der Waals surface area contributed by atoms with Crippen LogP contribution in [0.1, 0.15) is 47.5 Å². The maximum Gasteiger partial charge on any atom is 0.303 e. The first-order valence-electron chi connectivity index (χ1n) is 7.37. The highest BCUT2D eigenvalue weighted by Crippen LogP contribution is 2.18. The molecular formula is C15H31N3O3. The van der Waals surface area contributed by atoms with Gasteiger partial charge in [0.2, 0.25) is 5.91 Å². The van der Waals surface area contributed by atoms with Crippen molar-refractivity contribution in [3.05, 3.63) is 0 Å². The number of nitrogens with zero attached hydrogens (tertiary/aromatic N) is 2. The largest absolute Gasteiger partial charge is 0.481 e. The molecule has 3 N–H and O–H groups in total. The van der Waals surface area contributed by atoms with Crippen molar-refractivity contribution in [1.29, 1.82) is 0 Å². The van der Waals surface area contributed by atoms with Gasteiger partial charge >= 0.3 is 5.97 Å². The monoisotopic (exact) mass is 301 g/mol. The van der Waals surface area contributed by atoms with Crippen LogP contribution in [0.25, 0.3) is 0 Å². The molecule has 0 saturated carbocycles. The maximum absolute atomic E-state index is 12.4. The zero-order chi connectivity index (χ0) is 16.8. The van der Waals surface area contributed by atoms with E-state index < -0.39 is 17.0 Å². The minimum Gasteiger partial charge on any atom is -0.481 e. The van der Waals surface area contributed by atoms with Crippen molar-refractivity contribution >= 4 is 11.9 Å². The Morgan fingerprint density at radius 1 is 1.05 bits per heavy atom. The highest BCUT2D eigenvalue weighted by Gasteiger charge is 2.28. The van der Waals surface area contributed by atoms with Crippen LogP contribution in [0, 0.1) is 5.41 Å². The smallest absolute Gasteiger partial charge is 0.303 e. The van der Waals surface area contributed by atoms with Crippen LogP contribution in [0.3, 0.4) is 0 Å². The Kier molecular flexibility index (Phi) is 7.33. The van der Waals surface area contributed by atoms with Gasteiger partial charge in [-0.2, -0.15) is 0 Å². The molecule has 0 heterocycles. The van der Waals surface area contributed by atoms with Crippen LogP contribution in [0.15, 0.2) is 0 Å². The number of likely N-dealkylation sites (N-methyl/N-ethyl adjacent to an activating group) is 1. The summed E-state index contributed by atoms with van der Waals surface area (Å²) in [5.41, 5.74) is 5.09. The number of nitrogens with two attached hydrogens (primary N) is 1. The van der Waals surface area contributed by atoms with Gasteiger partial charge in [0.15, 0.2) is 0 Å². The van der Waals surface area contributed by atoms with Crippen molar-refractivity contribution in [2.24, 2.45) is 11.1 Å². The molecular weight excluding hydrogens is 270 g/mol. The summed E-state index contributed by atoms with van der Waals surface area (Å²) in [6.07, 6.45) is 0.541. The molecule has 0 aromatic rings. The Bertz CT molecular complexity index is 356. The topological polar surface area (TPSA) is 86.9 Å². The van der Waals surface area contributed by atoms with Crippen molar-refractivity contribution < 1.29 is 14.7 Å². The van der Waals surface area contributed by atoms with Gasteiger partial charge in [-0.3, -0.25) is 14.5 Å². The Balaban J connectivity index is 4.66. The Morgan fingerprint density at radius 2 is 1.57 bits per heavy atom. The molecule has 1 amide bonds. The fourth-order valence-electron chi connectivity index (χ4n) is 1.77. The van der Waals surface area contributed by atoms with Gasteiger partial charge in [0, 0.05) is 31.5 Å². The number of hydrogen-bond acceptors (Lipinski definition) is 4. The van der Waals surface area contributed by atoms with Gasteiger partial charge in [0.05, 0.1) is 5.66 Å². The first kappa shape index (κ1) is 19.9. The van der Waals surface area contributed by atoms with E-state index in [1.165, 1.54) is 0 Å². The third-order valence-corrected chi connectivity index (χ3v) is 3.44. The zero-order valence-electron chi connectivity index (χ0n) is 14.3. The first-order valence-corrected chi connectivity index (χ1v) is 7.37. The predicted octanol–water partition coefficient (Wildman–Crippen LogP) is 1.35. The molecule has 0 bridgehead atoms. The molecule has 0 saturated heterocycles. The SMILES string of the molecule is CN(CCN(CCCC(=O)O)C(=O)C(C)(C)C)C(C)(C)N. The first-order chi connectivity index (χ1) is 9.35. The molecule has 0 aromatic carbocycles. The third kappa shape index (κ3) is 8.02. The summed E-state index contributed by atoms with van der Waals surface area (Å²) in [6.45, 7) is 11.1. The molecule has 0 aromatic heterocycles. The summed E-state index contributed by atoms with van der Waals surface area (Å²) < 4.78 is 0. The van der Waals surface area contributed by atoms with Gasteiger partial charge in [-0.05, 0) is 27.3 Å². The molecule has 0 aliphatic rings. The van der Waals surface area contributed by atoms with Crippen molar-refractivity contribution in [2.75, 3.05) is 26.7 Å². The number of carbonyl (C=O) groups excluding carboxylic acids is 1. The molecule has 0 aliphatic heterocycles. The second-order valence-corrected chi connectivity index (χ2v) is 7.11. The second-order valence-electron chi connectivity index (χ2n) is 7.11. The zero-order valence-corrected chi connectivity index (χ0v) is 14.3. The fourth-order valence-corrected chi connectivity index (χ4v) is 1.77. The van der Waals surface area contributed by atoms with E-state index in [0.717, 1.165) is 0 Å². The van der Waals surface area contributed by atoms with Gasteiger partial charge in [-0.1, -0.05) is 20.8 Å². The van der Waals surface area contributed by atoms with Crippen molar-refractivity contribution in [3.8, 4) is 0 Å². The van der Waals surface area contributed by atoms with E-state index >= 15 is 0 Å². The van der Waals surface area contributed by atoms with Crippen LogP contribution in [0.5, 0.6) is 0 Å². The number of aliphatic carboxylic acids is 1. The summed E-state index contributed by atoms with van der Waals surface area (Å²) in [6, 6.07) is 0. The average molecular weight is 301 g/mol. The number of hydrogen-bond donors (Lipinski definition) is 2. The average Bonchev–Trinajstić information content (AvgIpc) is 2.29. The lowest BCUT2D eigenvalue weighted by atomic mass is 9.94. The van der Waals surface area contributed by atoms with Crippen LogP contribution in [-0.2, 0) is 9.59 Å². The number of amides is 1. The second kappa shape index (κ2) is 7.75. The van der Waals surface area contributed by atoms with Gasteiger partial charge in [0.1, 0.15) is 0 Å². The molecule has 21 heavy (non-hydrogen) atoms. The summed E-state index contributed by atoms with van der Waals surface area (Å²) in [7, 11) is 1.91. The summed E-state index contributed by atoms with van der Waals surface area (Å²) in [5.74, 6) is -0.797. The van der Waals surface area contributed by atoms with Gasteiger partial charge < -0.3 is 15.7 Å². The molecule has 0 atom stereocenters. The van der Waals surface area contributed by atoms with Crippen molar-refractivity contribution in [3.63, 3.8) is 0 Å². The lowest BCUT2D eigenvalue weighted by Gasteiger charge is -2.35. The van der Waals surface area contributed by atoms with Crippen LogP contribution in [0.2, 0.25) is 0 Å². The molecule has 0 aliphatic carbocycles. The molecule has 6 nitrogen and oxygen atoms in total. The Hall–Kier alpha value is -1.14. The standard InChI is InChI=1S/C15H31N3O3/c1-14(2,3)13(21)18(9-7-8-12(19)20)11-10-17(6)15(4,5)16/h7-11,16H2,1-6H3,(H,19,20). The minimum absolute atomic E-state index is 0.0381. The molecule has 6 heteroatoms. The van der Waals surface area contributed by atoms with Crippen LogP contribution in [-0.4, -0.2) is 59.1 Å². The Labute approximate surface area is 128 Å².